The Kier molecular flexibility index (Phi) is 2.33. The molecule has 0 fully saturated rings. The van der Waals surface area contributed by atoms with Crippen molar-refractivity contribution < 1.29 is 9.90 Å². The minimum absolute atomic E-state index is 0.0594. The summed E-state index contributed by atoms with van der Waals surface area (Å²) < 4.78 is 0. The van der Waals surface area contributed by atoms with E-state index in [9.17, 15) is 4.79 Å². The second kappa shape index (κ2) is 3.26. The van der Waals surface area contributed by atoms with E-state index in [1.165, 1.54) is 18.2 Å². The van der Waals surface area contributed by atoms with E-state index < -0.39 is 0 Å². The van der Waals surface area contributed by atoms with Gasteiger partial charge in [-0.05, 0) is 6.07 Å². The van der Waals surface area contributed by atoms with Crippen LogP contribution in [0.2, 0.25) is 5.02 Å². The number of phenols is 1. The zero-order chi connectivity index (χ0) is 9.14. The molecule has 12 heavy (non-hydrogen) atoms. The summed E-state index contributed by atoms with van der Waals surface area (Å²) in [4.78, 5) is 13.1. The van der Waals surface area contributed by atoms with Crippen molar-refractivity contribution in [2.75, 3.05) is 5.73 Å². The maximum absolute atomic E-state index is 9.85. The van der Waals surface area contributed by atoms with Crippen LogP contribution in [0.3, 0.4) is 0 Å². The van der Waals surface area contributed by atoms with E-state index in [2.05, 4.69) is 4.99 Å². The number of nitrogen functional groups attached to an aromatic ring is 1. The highest BCUT2D eigenvalue weighted by Crippen LogP contribution is 2.33. The minimum atomic E-state index is -0.194. The molecule has 0 saturated heterocycles. The molecule has 62 valence electrons. The Labute approximate surface area is 73.3 Å². The molecule has 0 amide bonds. The van der Waals surface area contributed by atoms with Crippen molar-refractivity contribution in [2.24, 2.45) is 4.99 Å². The summed E-state index contributed by atoms with van der Waals surface area (Å²) in [6.45, 7) is 0. The number of carbonyl (C=O) groups excluding carboxylic acids is 1. The minimum Gasteiger partial charge on any atom is -0.506 e. The highest BCUT2D eigenvalue weighted by molar-refractivity contribution is 6.33. The first kappa shape index (κ1) is 8.59. The van der Waals surface area contributed by atoms with Crippen LogP contribution in [0.15, 0.2) is 17.1 Å². The van der Waals surface area contributed by atoms with Crippen molar-refractivity contribution in [3.8, 4) is 5.75 Å². The number of isocyanates is 1. The molecular weight excluding hydrogens is 180 g/mol. The van der Waals surface area contributed by atoms with Gasteiger partial charge < -0.3 is 10.8 Å². The maximum Gasteiger partial charge on any atom is 0.240 e. The number of phenolic OH excluding ortho intramolecular Hbond substituents is 1. The van der Waals surface area contributed by atoms with Crippen molar-refractivity contribution in [3.05, 3.63) is 17.2 Å². The number of hydrogen-bond acceptors (Lipinski definition) is 4. The Balaban J connectivity index is 3.32. The normalized spacial score (nSPS) is 9.08. The Bertz CT molecular complexity index is 359. The predicted octanol–water partition coefficient (Wildman–Crippen LogP) is 1.60. The number of nitrogens with two attached hydrogens (primary N) is 1. The monoisotopic (exact) mass is 184 g/mol. The lowest BCUT2D eigenvalue weighted by Gasteiger charge is -2.00. The Morgan fingerprint density at radius 1 is 1.58 bits per heavy atom. The second-order valence-corrected chi connectivity index (χ2v) is 2.47. The number of aliphatic imine (C=N–C) groups is 1. The van der Waals surface area contributed by atoms with Gasteiger partial charge in [0.15, 0.2) is 0 Å². The van der Waals surface area contributed by atoms with Crippen LogP contribution in [0.25, 0.3) is 0 Å². The standard InChI is InChI=1S/C7H5ClN2O2/c8-4-1-6(10-3-11)7(12)2-5(4)9/h1-2,12H,9H2. The van der Waals surface area contributed by atoms with Gasteiger partial charge >= 0.3 is 0 Å². The Morgan fingerprint density at radius 2 is 2.25 bits per heavy atom. The van der Waals surface area contributed by atoms with Crippen molar-refractivity contribution >= 4 is 29.1 Å². The third kappa shape index (κ3) is 1.56. The lowest BCUT2D eigenvalue weighted by Crippen LogP contribution is -1.85. The molecule has 1 aromatic rings. The third-order valence-electron chi connectivity index (χ3n) is 1.26. The molecule has 0 aliphatic carbocycles. The van der Waals surface area contributed by atoms with Crippen LogP contribution < -0.4 is 5.73 Å². The zero-order valence-corrected chi connectivity index (χ0v) is 6.67. The molecule has 4 nitrogen and oxygen atoms in total. The Morgan fingerprint density at radius 3 is 2.83 bits per heavy atom. The van der Waals surface area contributed by atoms with Crippen molar-refractivity contribution in [1.82, 2.24) is 0 Å². The van der Waals surface area contributed by atoms with Crippen LogP contribution in [-0.2, 0) is 4.79 Å². The molecule has 1 rings (SSSR count). The number of halogens is 1. The summed E-state index contributed by atoms with van der Waals surface area (Å²) in [6, 6.07) is 2.51. The number of benzene rings is 1. The highest BCUT2D eigenvalue weighted by Gasteiger charge is 2.03. The van der Waals surface area contributed by atoms with Crippen molar-refractivity contribution in [1.29, 1.82) is 0 Å². The van der Waals surface area contributed by atoms with Gasteiger partial charge in [-0.3, -0.25) is 0 Å². The summed E-state index contributed by atoms with van der Waals surface area (Å²) in [6.07, 6.45) is 1.29. The van der Waals surface area contributed by atoms with Crippen LogP contribution in [-0.4, -0.2) is 11.2 Å². The van der Waals surface area contributed by atoms with Gasteiger partial charge in [0.1, 0.15) is 11.4 Å². The molecular formula is C7H5ClN2O2. The lowest BCUT2D eigenvalue weighted by atomic mass is 10.2. The van der Waals surface area contributed by atoms with E-state index in [1.807, 2.05) is 0 Å². The molecule has 0 saturated carbocycles. The van der Waals surface area contributed by atoms with Crippen molar-refractivity contribution in [2.45, 2.75) is 0 Å². The van der Waals surface area contributed by atoms with Gasteiger partial charge in [-0.2, -0.15) is 4.99 Å². The fourth-order valence-electron chi connectivity index (χ4n) is 0.706. The molecule has 0 radical (unpaired) electrons. The lowest BCUT2D eigenvalue weighted by molar-refractivity contribution is 0.477. The fraction of sp³-hybridized carbons (Fsp3) is 0. The Hall–Kier alpha value is -1.51. The van der Waals surface area contributed by atoms with E-state index in [0.717, 1.165) is 0 Å². The molecule has 0 spiro atoms. The summed E-state index contributed by atoms with van der Waals surface area (Å²) >= 11 is 5.60. The number of nitrogens with zero attached hydrogens (tertiary/aromatic N) is 1. The zero-order valence-electron chi connectivity index (χ0n) is 5.91. The maximum atomic E-state index is 9.85. The van der Waals surface area contributed by atoms with E-state index in [0.29, 0.717) is 0 Å². The van der Waals surface area contributed by atoms with E-state index in [-0.39, 0.29) is 22.1 Å². The van der Waals surface area contributed by atoms with Crippen LogP contribution in [0.5, 0.6) is 5.75 Å². The molecule has 5 heteroatoms. The largest absolute Gasteiger partial charge is 0.506 e. The summed E-state index contributed by atoms with van der Waals surface area (Å²) in [7, 11) is 0. The van der Waals surface area contributed by atoms with Gasteiger partial charge in [-0.25, -0.2) is 4.79 Å². The second-order valence-electron chi connectivity index (χ2n) is 2.07. The molecule has 0 aliphatic rings. The number of rotatable bonds is 1. The summed E-state index contributed by atoms with van der Waals surface area (Å²) in [5.41, 5.74) is 5.65. The van der Waals surface area contributed by atoms with Crippen LogP contribution in [0, 0.1) is 0 Å². The first-order valence-corrected chi connectivity index (χ1v) is 3.39. The molecule has 0 bridgehead atoms. The van der Waals surface area contributed by atoms with E-state index in [1.54, 1.807) is 0 Å². The summed E-state index contributed by atoms with van der Waals surface area (Å²) in [5.74, 6) is -0.194. The van der Waals surface area contributed by atoms with E-state index in [4.69, 9.17) is 22.4 Å². The van der Waals surface area contributed by atoms with E-state index >= 15 is 0 Å². The van der Waals surface area contributed by atoms with Gasteiger partial charge in [0, 0.05) is 6.07 Å². The van der Waals surface area contributed by atoms with Gasteiger partial charge in [0.2, 0.25) is 6.08 Å². The van der Waals surface area contributed by atoms with Gasteiger partial charge in [0.05, 0.1) is 10.7 Å². The molecule has 0 aliphatic heterocycles. The average molecular weight is 185 g/mol. The van der Waals surface area contributed by atoms with Crippen molar-refractivity contribution in [3.63, 3.8) is 0 Å². The van der Waals surface area contributed by atoms with Crippen LogP contribution >= 0.6 is 11.6 Å². The quantitative estimate of drug-likeness (QED) is 0.395. The smallest absolute Gasteiger partial charge is 0.240 e. The number of hydrogen-bond donors (Lipinski definition) is 2. The highest BCUT2D eigenvalue weighted by atomic mass is 35.5. The summed E-state index contributed by atoms with van der Waals surface area (Å²) in [5, 5.41) is 9.37. The third-order valence-corrected chi connectivity index (χ3v) is 1.59. The molecule has 0 unspecified atom stereocenters. The van der Waals surface area contributed by atoms with Gasteiger partial charge in [0.25, 0.3) is 0 Å². The fourth-order valence-corrected chi connectivity index (χ4v) is 0.864. The average Bonchev–Trinajstić information content (AvgIpc) is 2.01. The SMILES string of the molecule is Nc1cc(O)c(N=C=O)cc1Cl. The van der Waals surface area contributed by atoms with Gasteiger partial charge in [-0.15, -0.1) is 0 Å². The number of anilines is 1. The first-order chi connectivity index (χ1) is 5.65. The molecule has 0 atom stereocenters. The first-order valence-electron chi connectivity index (χ1n) is 3.01. The topological polar surface area (TPSA) is 75.7 Å². The molecule has 0 heterocycles. The van der Waals surface area contributed by atoms with Crippen LogP contribution in [0.1, 0.15) is 0 Å². The molecule has 1 aromatic carbocycles. The number of aromatic hydroxyl groups is 1. The van der Waals surface area contributed by atoms with Crippen LogP contribution in [0.4, 0.5) is 11.4 Å². The molecule has 3 N–H and O–H groups in total. The predicted molar refractivity (Wildman–Crippen MR) is 45.3 cm³/mol. The molecule has 0 aromatic heterocycles. The van der Waals surface area contributed by atoms with Gasteiger partial charge in [-0.1, -0.05) is 11.6 Å².